The van der Waals surface area contributed by atoms with Crippen LogP contribution in [0.2, 0.25) is 0 Å². The number of ether oxygens (including phenoxy) is 1. The minimum absolute atomic E-state index is 0.0807. The van der Waals surface area contributed by atoms with E-state index in [1.165, 1.54) is 0 Å². The van der Waals surface area contributed by atoms with Crippen molar-refractivity contribution in [2.75, 3.05) is 19.8 Å². The normalized spacial score (nSPS) is 14.8. The Labute approximate surface area is 150 Å². The van der Waals surface area contributed by atoms with Gasteiger partial charge < -0.3 is 44.3 Å². The van der Waals surface area contributed by atoms with Crippen molar-refractivity contribution >= 4 is 62.0 Å². The lowest BCUT2D eigenvalue weighted by Crippen LogP contribution is -2.36. The molecule has 0 aromatic rings. The molecule has 0 rings (SSSR count). The van der Waals surface area contributed by atoms with Crippen molar-refractivity contribution in [1.29, 1.82) is 0 Å². The Hall–Kier alpha value is 1.26. The van der Waals surface area contributed by atoms with Gasteiger partial charge in [0.1, 0.15) is 5.38 Å². The van der Waals surface area contributed by atoms with E-state index in [-0.39, 0.29) is 19.8 Å². The molecule has 2 atom stereocenters. The average molecular weight is 468 g/mol. The van der Waals surface area contributed by atoms with E-state index < -0.39 is 30.9 Å². The zero-order valence-electron chi connectivity index (χ0n) is 11.0. The number of aliphatic hydroxyl groups excluding tert-OH is 2. The molecule has 2 unspecified atom stereocenters. The third-order valence-electron chi connectivity index (χ3n) is 1.17. The molecule has 8 N–H and O–H groups in total. The van der Waals surface area contributed by atoms with Crippen molar-refractivity contribution in [2.45, 2.75) is 15.3 Å². The van der Waals surface area contributed by atoms with Crippen LogP contribution in [0.25, 0.3) is 0 Å². The van der Waals surface area contributed by atoms with Crippen LogP contribution in [0, 0.1) is 0 Å². The third kappa shape index (κ3) is 39.8. The Morgan fingerprint density at radius 3 is 1.48 bits per heavy atom. The van der Waals surface area contributed by atoms with Gasteiger partial charge in [0.15, 0.2) is 0 Å². The molecule has 0 bridgehead atoms. The van der Waals surface area contributed by atoms with E-state index >= 15 is 0 Å². The van der Waals surface area contributed by atoms with Gasteiger partial charge in [-0.1, -0.05) is 34.8 Å². The fourth-order valence-corrected chi connectivity index (χ4v) is 1.08. The molecule has 0 radical (unpaired) electrons. The second-order valence-electron chi connectivity index (χ2n) is 3.34. The Morgan fingerprint density at radius 1 is 0.957 bits per heavy atom. The SMILES string of the molecule is O=P(O)(O)O.O=P(O)(O)O.OCCOCC(O)C(Cl)C(Cl)(Cl)Cl. The predicted octanol–water partition coefficient (Wildman–Crippen LogP) is -0.523. The fraction of sp³-hybridized carbons (Fsp3) is 1.00. The maximum absolute atomic E-state index is 9.29. The van der Waals surface area contributed by atoms with Crippen molar-refractivity contribution in [3.8, 4) is 0 Å². The molecule has 0 aliphatic rings. The topological polar surface area (TPSA) is 205 Å². The lowest BCUT2D eigenvalue weighted by molar-refractivity contribution is 0.0202. The number of aliphatic hydroxyl groups is 2. The van der Waals surface area contributed by atoms with Gasteiger partial charge in [-0.3, -0.25) is 0 Å². The van der Waals surface area contributed by atoms with Crippen LogP contribution in [-0.2, 0) is 13.9 Å². The van der Waals surface area contributed by atoms with Crippen molar-refractivity contribution in [2.24, 2.45) is 0 Å². The van der Waals surface area contributed by atoms with Crippen LogP contribution >= 0.6 is 62.0 Å². The highest BCUT2D eigenvalue weighted by Crippen LogP contribution is 2.35. The predicted molar refractivity (Wildman–Crippen MR) is 82.4 cm³/mol. The molecule has 0 aliphatic heterocycles. The number of halogens is 4. The van der Waals surface area contributed by atoms with E-state index in [9.17, 15) is 5.11 Å². The quantitative estimate of drug-likeness (QED) is 0.146. The van der Waals surface area contributed by atoms with Crippen molar-refractivity contribution < 1.29 is 53.4 Å². The van der Waals surface area contributed by atoms with Gasteiger partial charge in [0.25, 0.3) is 0 Å². The first-order chi connectivity index (χ1) is 9.89. The molecule has 11 nitrogen and oxygen atoms in total. The summed E-state index contributed by atoms with van der Waals surface area (Å²) in [6, 6.07) is 0. The molecule has 0 saturated heterocycles. The van der Waals surface area contributed by atoms with Gasteiger partial charge in [0, 0.05) is 0 Å². The Balaban J connectivity index is -0.000000329. The molecule has 0 aliphatic carbocycles. The zero-order chi connectivity index (χ0) is 19.5. The molecule has 0 fully saturated rings. The minimum Gasteiger partial charge on any atom is -0.394 e. The third-order valence-corrected chi connectivity index (χ3v) is 2.83. The molecule has 23 heavy (non-hydrogen) atoms. The average Bonchev–Trinajstić information content (AvgIpc) is 2.22. The lowest BCUT2D eigenvalue weighted by atomic mass is 10.3. The molecular formula is C6H16Cl4O11P2. The van der Waals surface area contributed by atoms with Crippen molar-refractivity contribution in [3.05, 3.63) is 0 Å². The van der Waals surface area contributed by atoms with Gasteiger partial charge in [-0.25, -0.2) is 9.13 Å². The van der Waals surface area contributed by atoms with Crippen LogP contribution in [0.5, 0.6) is 0 Å². The maximum atomic E-state index is 9.29. The number of hydrogen-bond donors (Lipinski definition) is 8. The number of phosphoric acid groups is 2. The Bertz CT molecular complexity index is 343. The molecule has 0 amide bonds. The smallest absolute Gasteiger partial charge is 0.394 e. The Kier molecular flexibility index (Phi) is 17.0. The van der Waals surface area contributed by atoms with Crippen LogP contribution in [0.4, 0.5) is 0 Å². The molecule has 0 heterocycles. The van der Waals surface area contributed by atoms with Gasteiger partial charge in [-0.05, 0) is 0 Å². The first kappa shape index (κ1) is 29.0. The molecule has 144 valence electrons. The fourth-order valence-electron chi connectivity index (χ4n) is 0.571. The largest absolute Gasteiger partial charge is 0.466 e. The molecule has 17 heteroatoms. The summed E-state index contributed by atoms with van der Waals surface area (Å²) < 4.78 is 20.8. The van der Waals surface area contributed by atoms with E-state index in [1.807, 2.05) is 0 Å². The maximum Gasteiger partial charge on any atom is 0.466 e. The number of rotatable bonds is 5. The van der Waals surface area contributed by atoms with E-state index in [0.717, 1.165) is 0 Å². The monoisotopic (exact) mass is 466 g/mol. The molecule has 0 saturated carbocycles. The van der Waals surface area contributed by atoms with Gasteiger partial charge in [-0.15, -0.1) is 11.6 Å². The highest BCUT2D eigenvalue weighted by atomic mass is 35.6. The van der Waals surface area contributed by atoms with Crippen LogP contribution in [0.15, 0.2) is 0 Å². The van der Waals surface area contributed by atoms with E-state index in [4.69, 9.17) is 94.7 Å². The summed E-state index contributed by atoms with van der Waals surface area (Å²) in [7, 11) is -9.28. The van der Waals surface area contributed by atoms with Gasteiger partial charge in [0.05, 0.1) is 25.9 Å². The summed E-state index contributed by atoms with van der Waals surface area (Å²) in [5.74, 6) is 0. The second kappa shape index (κ2) is 13.5. The zero-order valence-corrected chi connectivity index (χ0v) is 15.8. The van der Waals surface area contributed by atoms with Crippen molar-refractivity contribution in [3.63, 3.8) is 0 Å². The van der Waals surface area contributed by atoms with Crippen LogP contribution in [-0.4, -0.2) is 74.7 Å². The van der Waals surface area contributed by atoms with E-state index in [2.05, 4.69) is 0 Å². The Morgan fingerprint density at radius 2 is 1.26 bits per heavy atom. The van der Waals surface area contributed by atoms with E-state index in [1.54, 1.807) is 0 Å². The summed E-state index contributed by atoms with van der Waals surface area (Å²) >= 11 is 21.9. The van der Waals surface area contributed by atoms with Crippen molar-refractivity contribution in [1.82, 2.24) is 0 Å². The minimum atomic E-state index is -4.64. The van der Waals surface area contributed by atoms with Gasteiger partial charge in [0.2, 0.25) is 3.79 Å². The first-order valence-corrected chi connectivity index (χ1v) is 9.73. The summed E-state index contributed by atoms with van der Waals surface area (Å²) in [5.41, 5.74) is 0. The summed E-state index contributed by atoms with van der Waals surface area (Å²) in [6.45, 7) is -0.101. The number of alkyl halides is 4. The molecule has 0 aromatic carbocycles. The molecule has 0 spiro atoms. The molecular weight excluding hydrogens is 452 g/mol. The van der Waals surface area contributed by atoms with E-state index in [0.29, 0.717) is 0 Å². The summed E-state index contributed by atoms with van der Waals surface area (Å²) in [6.07, 6.45) is -1.08. The number of hydrogen-bond acceptors (Lipinski definition) is 5. The van der Waals surface area contributed by atoms with Gasteiger partial charge in [-0.2, -0.15) is 0 Å². The summed E-state index contributed by atoms with van der Waals surface area (Å²) in [5, 5.41) is 16.6. The van der Waals surface area contributed by atoms with Crippen LogP contribution in [0.3, 0.4) is 0 Å². The highest BCUT2D eigenvalue weighted by molar-refractivity contribution is 7.45. The second-order valence-corrected chi connectivity index (χ2v) is 8.23. The standard InChI is InChI=1S/C6H10Cl4O3.2H3O4P/c7-5(6(8,9)10)4(12)3-13-2-1-11;2*1-5(2,3)4/h4-5,11-12H,1-3H2;2*(H3,1,2,3,4). The summed E-state index contributed by atoms with van der Waals surface area (Å²) in [4.78, 5) is 43.1. The molecule has 0 aromatic heterocycles. The lowest BCUT2D eigenvalue weighted by Gasteiger charge is -2.22. The van der Waals surface area contributed by atoms with Crippen LogP contribution < -0.4 is 0 Å². The first-order valence-electron chi connectivity index (χ1n) is 5.03. The highest BCUT2D eigenvalue weighted by Gasteiger charge is 2.36. The van der Waals surface area contributed by atoms with Crippen LogP contribution in [0.1, 0.15) is 0 Å². The van der Waals surface area contributed by atoms with Gasteiger partial charge >= 0.3 is 15.6 Å².